The summed E-state index contributed by atoms with van der Waals surface area (Å²) in [5.74, 6) is -0.389. The number of hydrogen-bond donors (Lipinski definition) is 2. The van der Waals surface area contributed by atoms with Gasteiger partial charge in [-0.05, 0) is 51.0 Å². The van der Waals surface area contributed by atoms with Crippen LogP contribution >= 0.6 is 0 Å². The highest BCUT2D eigenvalue weighted by atomic mass is 16.5. The molecule has 0 saturated carbocycles. The Morgan fingerprint density at radius 1 is 1.23 bits per heavy atom. The topological polar surface area (TPSA) is 98.2 Å². The number of rotatable bonds is 10. The van der Waals surface area contributed by atoms with E-state index >= 15 is 0 Å². The number of methoxy groups -OCH3 is 1. The monoisotopic (exact) mass is 365 g/mol. The molecule has 1 rings (SSSR count). The van der Waals surface area contributed by atoms with Crippen LogP contribution in [0.5, 0.6) is 11.5 Å². The molecule has 26 heavy (non-hydrogen) atoms. The van der Waals surface area contributed by atoms with Gasteiger partial charge in [0, 0.05) is 13.2 Å². The molecule has 0 aliphatic carbocycles. The van der Waals surface area contributed by atoms with Crippen molar-refractivity contribution in [3.05, 3.63) is 23.8 Å². The van der Waals surface area contributed by atoms with Gasteiger partial charge in [0.05, 0.1) is 26.0 Å². The number of nitrogens with zero attached hydrogens (tertiary/aromatic N) is 1. The minimum absolute atomic E-state index is 0.143. The first-order chi connectivity index (χ1) is 12.5. The number of carbonyl (C=O) groups is 2. The normalized spacial score (nSPS) is 10.8. The second-order valence-corrected chi connectivity index (χ2v) is 5.57. The minimum Gasteiger partial charge on any atom is -0.493 e. The zero-order valence-corrected chi connectivity index (χ0v) is 15.7. The summed E-state index contributed by atoms with van der Waals surface area (Å²) in [4.78, 5) is 23.3. The molecule has 0 aromatic heterocycles. The Morgan fingerprint density at radius 2 is 2.00 bits per heavy atom. The summed E-state index contributed by atoms with van der Waals surface area (Å²) in [5, 5.41) is 6.28. The smallest absolute Gasteiger partial charge is 0.329 e. The summed E-state index contributed by atoms with van der Waals surface area (Å²) in [5.41, 5.74) is 2.87. The highest BCUT2D eigenvalue weighted by Gasteiger charge is 2.11. The first-order valence-electron chi connectivity index (χ1n) is 8.51. The summed E-state index contributed by atoms with van der Waals surface area (Å²) in [6.45, 7) is 7.16. The van der Waals surface area contributed by atoms with Crippen LogP contribution in [0.4, 0.5) is 0 Å². The van der Waals surface area contributed by atoms with E-state index in [2.05, 4.69) is 15.8 Å². The van der Waals surface area contributed by atoms with Gasteiger partial charge in [-0.1, -0.05) is 0 Å². The Labute approximate surface area is 153 Å². The Hall–Kier alpha value is -2.61. The number of amides is 2. The predicted molar refractivity (Wildman–Crippen MR) is 98.6 cm³/mol. The summed E-state index contributed by atoms with van der Waals surface area (Å²) in [6.07, 6.45) is 2.19. The standard InChI is InChI=1S/C18H27N3O5/c1-5-25-15-8-7-14(11-16(15)24-4)12-20-21-18(23)17(22)19-9-6-10-26-13(2)3/h7-8,11-13H,5-6,9-10H2,1-4H3,(H,19,22)(H,21,23)/b20-12-. The van der Waals surface area contributed by atoms with E-state index in [1.165, 1.54) is 13.3 Å². The van der Waals surface area contributed by atoms with Crippen LogP contribution in [-0.4, -0.2) is 51.0 Å². The molecule has 0 bridgehead atoms. The predicted octanol–water partition coefficient (Wildman–Crippen LogP) is 1.48. The summed E-state index contributed by atoms with van der Waals surface area (Å²) in [6, 6.07) is 5.23. The van der Waals surface area contributed by atoms with Gasteiger partial charge in [0.2, 0.25) is 0 Å². The molecule has 0 atom stereocenters. The van der Waals surface area contributed by atoms with Gasteiger partial charge >= 0.3 is 11.8 Å². The molecule has 0 saturated heterocycles. The average molecular weight is 365 g/mol. The Kier molecular flexibility index (Phi) is 9.78. The quantitative estimate of drug-likeness (QED) is 0.283. The number of ether oxygens (including phenoxy) is 3. The molecule has 2 amide bonds. The van der Waals surface area contributed by atoms with Crippen LogP contribution < -0.4 is 20.2 Å². The summed E-state index contributed by atoms with van der Waals surface area (Å²) >= 11 is 0. The molecule has 8 heteroatoms. The third-order valence-corrected chi connectivity index (χ3v) is 3.13. The number of carbonyl (C=O) groups excluding carboxylic acids is 2. The molecule has 144 valence electrons. The largest absolute Gasteiger partial charge is 0.493 e. The lowest BCUT2D eigenvalue weighted by molar-refractivity contribution is -0.139. The third kappa shape index (κ3) is 7.98. The number of nitrogens with one attached hydrogen (secondary N) is 2. The minimum atomic E-state index is -0.830. The van der Waals surface area contributed by atoms with Crippen LogP contribution in [-0.2, 0) is 14.3 Å². The van der Waals surface area contributed by atoms with Gasteiger partial charge in [0.15, 0.2) is 11.5 Å². The molecule has 0 heterocycles. The fourth-order valence-electron chi connectivity index (χ4n) is 1.93. The Morgan fingerprint density at radius 3 is 2.65 bits per heavy atom. The molecular formula is C18H27N3O5. The zero-order chi connectivity index (χ0) is 19.4. The van der Waals surface area contributed by atoms with E-state index < -0.39 is 11.8 Å². The fraction of sp³-hybridized carbons (Fsp3) is 0.500. The average Bonchev–Trinajstić information content (AvgIpc) is 2.62. The van der Waals surface area contributed by atoms with Crippen LogP contribution in [0.15, 0.2) is 23.3 Å². The molecule has 0 spiro atoms. The maximum absolute atomic E-state index is 11.7. The molecule has 0 aliphatic rings. The van der Waals surface area contributed by atoms with Gasteiger partial charge in [-0.25, -0.2) is 5.43 Å². The van der Waals surface area contributed by atoms with Crippen LogP contribution in [0.1, 0.15) is 32.8 Å². The molecular weight excluding hydrogens is 338 g/mol. The van der Waals surface area contributed by atoms with Gasteiger partial charge in [-0.15, -0.1) is 0 Å². The maximum atomic E-state index is 11.7. The lowest BCUT2D eigenvalue weighted by Crippen LogP contribution is -2.38. The molecule has 1 aromatic carbocycles. The first-order valence-corrected chi connectivity index (χ1v) is 8.51. The van der Waals surface area contributed by atoms with Crippen molar-refractivity contribution in [2.75, 3.05) is 26.9 Å². The zero-order valence-electron chi connectivity index (χ0n) is 15.7. The lowest BCUT2D eigenvalue weighted by Gasteiger charge is -2.09. The second-order valence-electron chi connectivity index (χ2n) is 5.57. The third-order valence-electron chi connectivity index (χ3n) is 3.13. The second kappa shape index (κ2) is 11.9. The van der Waals surface area contributed by atoms with E-state index in [-0.39, 0.29) is 6.10 Å². The van der Waals surface area contributed by atoms with Crippen molar-refractivity contribution in [1.82, 2.24) is 10.7 Å². The van der Waals surface area contributed by atoms with Crippen LogP contribution in [0, 0.1) is 0 Å². The van der Waals surface area contributed by atoms with Gasteiger partial charge < -0.3 is 19.5 Å². The van der Waals surface area contributed by atoms with Crippen molar-refractivity contribution in [2.24, 2.45) is 5.10 Å². The van der Waals surface area contributed by atoms with E-state index in [0.717, 1.165) is 0 Å². The molecule has 8 nitrogen and oxygen atoms in total. The van der Waals surface area contributed by atoms with Gasteiger partial charge in [0.25, 0.3) is 0 Å². The molecule has 0 aliphatic heterocycles. The maximum Gasteiger partial charge on any atom is 0.329 e. The Balaban J connectivity index is 2.42. The van der Waals surface area contributed by atoms with Gasteiger partial charge in [0.1, 0.15) is 0 Å². The van der Waals surface area contributed by atoms with E-state index in [9.17, 15) is 9.59 Å². The molecule has 0 fully saturated rings. The molecule has 2 N–H and O–H groups in total. The van der Waals surface area contributed by atoms with E-state index in [1.54, 1.807) is 18.2 Å². The number of benzene rings is 1. The highest BCUT2D eigenvalue weighted by Crippen LogP contribution is 2.27. The van der Waals surface area contributed by atoms with Gasteiger partial charge in [-0.2, -0.15) is 5.10 Å². The molecule has 0 radical (unpaired) electrons. The van der Waals surface area contributed by atoms with Crippen molar-refractivity contribution in [3.8, 4) is 11.5 Å². The fourth-order valence-corrected chi connectivity index (χ4v) is 1.93. The number of hydrazone groups is 1. The molecule has 0 unspecified atom stereocenters. The van der Waals surface area contributed by atoms with Gasteiger partial charge in [-0.3, -0.25) is 9.59 Å². The highest BCUT2D eigenvalue weighted by molar-refractivity contribution is 6.35. The van der Waals surface area contributed by atoms with Crippen molar-refractivity contribution in [3.63, 3.8) is 0 Å². The summed E-state index contributed by atoms with van der Waals surface area (Å²) < 4.78 is 16.0. The Bertz CT molecular complexity index is 617. The van der Waals surface area contributed by atoms with Crippen molar-refractivity contribution >= 4 is 18.0 Å². The molecule has 1 aromatic rings. The number of hydrogen-bond acceptors (Lipinski definition) is 6. The van der Waals surface area contributed by atoms with E-state index in [4.69, 9.17) is 14.2 Å². The van der Waals surface area contributed by atoms with E-state index in [1.807, 2.05) is 20.8 Å². The van der Waals surface area contributed by atoms with Crippen LogP contribution in [0.3, 0.4) is 0 Å². The first kappa shape index (κ1) is 21.4. The van der Waals surface area contributed by atoms with Crippen molar-refractivity contribution < 1.29 is 23.8 Å². The van der Waals surface area contributed by atoms with Crippen molar-refractivity contribution in [1.29, 1.82) is 0 Å². The van der Waals surface area contributed by atoms with E-state index in [0.29, 0.717) is 43.2 Å². The SMILES string of the molecule is CCOc1ccc(/C=N\NC(=O)C(=O)NCCCOC(C)C)cc1OC. The lowest BCUT2D eigenvalue weighted by atomic mass is 10.2. The van der Waals surface area contributed by atoms with Crippen LogP contribution in [0.2, 0.25) is 0 Å². The summed E-state index contributed by atoms with van der Waals surface area (Å²) in [7, 11) is 1.54. The van der Waals surface area contributed by atoms with Crippen molar-refractivity contribution in [2.45, 2.75) is 33.3 Å². The van der Waals surface area contributed by atoms with Crippen LogP contribution in [0.25, 0.3) is 0 Å².